The van der Waals surface area contributed by atoms with Crippen LogP contribution in [0.5, 0.6) is 0 Å². The fraction of sp³-hybridized carbons (Fsp3) is 0.579. The lowest BCUT2D eigenvalue weighted by molar-refractivity contribution is -0.125. The molecule has 1 aromatic carbocycles. The Balaban J connectivity index is 1.56. The van der Waals surface area contributed by atoms with Crippen molar-refractivity contribution in [3.8, 4) is 0 Å². The summed E-state index contributed by atoms with van der Waals surface area (Å²) < 4.78 is 0. The Morgan fingerprint density at radius 3 is 2.60 bits per heavy atom. The van der Waals surface area contributed by atoms with Crippen molar-refractivity contribution < 1.29 is 9.59 Å². The van der Waals surface area contributed by atoms with E-state index in [1.165, 1.54) is 19.3 Å². The number of carbonyl (C=O) groups excluding carboxylic acids is 2. The highest BCUT2D eigenvalue weighted by Gasteiger charge is 2.36. The first-order valence-electron chi connectivity index (χ1n) is 9.15. The Morgan fingerprint density at radius 2 is 1.88 bits per heavy atom. The molecule has 1 heterocycles. The predicted molar refractivity (Wildman–Crippen MR) is 101 cm³/mol. The van der Waals surface area contributed by atoms with E-state index in [0.29, 0.717) is 11.6 Å². The highest BCUT2D eigenvalue weighted by atomic mass is 32.2. The number of amides is 3. The number of carbonyl (C=O) groups is 2. The second-order valence-electron chi connectivity index (χ2n) is 6.91. The Morgan fingerprint density at radius 1 is 1.16 bits per heavy atom. The third-order valence-electron chi connectivity index (χ3n) is 5.04. The zero-order valence-electron chi connectivity index (χ0n) is 14.7. The molecule has 2 N–H and O–H groups in total. The molecule has 1 aromatic rings. The Bertz CT molecular complexity index is 590. The monoisotopic (exact) mass is 361 g/mol. The van der Waals surface area contributed by atoms with Crippen LogP contribution in [0.2, 0.25) is 0 Å². The summed E-state index contributed by atoms with van der Waals surface area (Å²) in [7, 11) is 0. The van der Waals surface area contributed by atoms with Gasteiger partial charge >= 0.3 is 6.03 Å². The first kappa shape index (κ1) is 18.1. The maximum absolute atomic E-state index is 12.7. The highest BCUT2D eigenvalue weighted by Crippen LogP contribution is 2.24. The lowest BCUT2D eigenvalue weighted by atomic mass is 9.96. The summed E-state index contributed by atoms with van der Waals surface area (Å²) in [6.07, 6.45) is 5.72. The van der Waals surface area contributed by atoms with E-state index in [1.807, 2.05) is 37.3 Å². The lowest BCUT2D eigenvalue weighted by Gasteiger charge is -2.29. The Kier molecular flexibility index (Phi) is 6.24. The van der Waals surface area contributed by atoms with Crippen molar-refractivity contribution in [3.05, 3.63) is 35.9 Å². The average Bonchev–Trinajstić information content (AvgIpc) is 3.13. The van der Waals surface area contributed by atoms with Crippen LogP contribution in [0.25, 0.3) is 0 Å². The van der Waals surface area contributed by atoms with Gasteiger partial charge in [-0.05, 0) is 25.3 Å². The van der Waals surface area contributed by atoms with Crippen LogP contribution >= 0.6 is 11.8 Å². The molecule has 2 atom stereocenters. The largest absolute Gasteiger partial charge is 0.348 e. The molecule has 2 aliphatic rings. The fourth-order valence-electron chi connectivity index (χ4n) is 3.50. The second kappa shape index (κ2) is 8.61. The van der Waals surface area contributed by atoms with Gasteiger partial charge in [0.1, 0.15) is 6.04 Å². The smallest absolute Gasteiger partial charge is 0.319 e. The molecular weight excluding hydrogens is 334 g/mol. The van der Waals surface area contributed by atoms with E-state index < -0.39 is 0 Å². The van der Waals surface area contributed by atoms with E-state index in [-0.39, 0.29) is 30.1 Å². The summed E-state index contributed by atoms with van der Waals surface area (Å²) in [6, 6.07) is 9.61. The van der Waals surface area contributed by atoms with E-state index in [0.717, 1.165) is 18.4 Å². The number of nitrogens with zero attached hydrogens (tertiary/aromatic N) is 1. The van der Waals surface area contributed by atoms with E-state index in [4.69, 9.17) is 0 Å². The number of hydrogen-bond donors (Lipinski definition) is 2. The van der Waals surface area contributed by atoms with Crippen LogP contribution in [0.15, 0.2) is 30.3 Å². The average molecular weight is 362 g/mol. The Labute approximate surface area is 153 Å². The zero-order valence-corrected chi connectivity index (χ0v) is 15.6. The molecule has 1 saturated carbocycles. The maximum atomic E-state index is 12.7. The van der Waals surface area contributed by atoms with E-state index in [2.05, 4.69) is 10.6 Å². The van der Waals surface area contributed by atoms with Crippen molar-refractivity contribution in [2.24, 2.45) is 0 Å². The third kappa shape index (κ3) is 4.69. The Hall–Kier alpha value is -1.69. The van der Waals surface area contributed by atoms with Crippen molar-refractivity contribution in [2.45, 2.75) is 57.2 Å². The van der Waals surface area contributed by atoms with Crippen LogP contribution in [-0.2, 0) is 4.79 Å². The summed E-state index contributed by atoms with van der Waals surface area (Å²) in [4.78, 5) is 27.0. The SMILES string of the molecule is C[C@H](NC(=O)[C@@H]1CSCN1C(=O)NC1CCCCC1)c1ccccc1. The van der Waals surface area contributed by atoms with Gasteiger partial charge in [-0.15, -0.1) is 11.8 Å². The normalized spacial score (nSPS) is 22.4. The summed E-state index contributed by atoms with van der Waals surface area (Å²) in [5, 5.41) is 6.18. The molecule has 0 radical (unpaired) electrons. The molecule has 1 saturated heterocycles. The standard InChI is InChI=1S/C19H27N3O2S/c1-14(15-8-4-2-5-9-15)20-18(23)17-12-25-13-22(17)19(24)21-16-10-6-3-7-11-16/h2,4-5,8-9,14,16-17H,3,6-7,10-13H2,1H3,(H,20,23)(H,21,24)/t14-,17-/m0/s1. The molecule has 0 bridgehead atoms. The van der Waals surface area contributed by atoms with E-state index in [1.54, 1.807) is 16.7 Å². The fourth-order valence-corrected chi connectivity index (χ4v) is 4.65. The molecule has 3 amide bonds. The van der Waals surface area contributed by atoms with Gasteiger partial charge < -0.3 is 15.5 Å². The molecule has 1 aliphatic heterocycles. The van der Waals surface area contributed by atoms with Gasteiger partial charge in [0.25, 0.3) is 0 Å². The maximum Gasteiger partial charge on any atom is 0.319 e. The van der Waals surface area contributed by atoms with Crippen LogP contribution in [0.1, 0.15) is 50.6 Å². The number of benzene rings is 1. The number of rotatable bonds is 4. The molecule has 6 heteroatoms. The molecule has 0 spiro atoms. The van der Waals surface area contributed by atoms with Gasteiger partial charge in [-0.25, -0.2) is 4.79 Å². The van der Waals surface area contributed by atoms with Gasteiger partial charge in [-0.3, -0.25) is 4.79 Å². The van der Waals surface area contributed by atoms with Crippen LogP contribution in [-0.4, -0.2) is 40.6 Å². The van der Waals surface area contributed by atoms with E-state index >= 15 is 0 Å². The number of hydrogen-bond acceptors (Lipinski definition) is 3. The number of nitrogens with one attached hydrogen (secondary N) is 2. The lowest BCUT2D eigenvalue weighted by Crippen LogP contribution is -2.52. The quantitative estimate of drug-likeness (QED) is 0.865. The van der Waals surface area contributed by atoms with Gasteiger partial charge in [0.05, 0.1) is 11.9 Å². The van der Waals surface area contributed by atoms with Crippen LogP contribution in [0.4, 0.5) is 4.79 Å². The molecule has 25 heavy (non-hydrogen) atoms. The zero-order chi connectivity index (χ0) is 17.6. The second-order valence-corrected chi connectivity index (χ2v) is 7.91. The van der Waals surface area contributed by atoms with Crippen molar-refractivity contribution in [3.63, 3.8) is 0 Å². The molecular formula is C19H27N3O2S. The summed E-state index contributed by atoms with van der Waals surface area (Å²) in [5.74, 6) is 1.17. The van der Waals surface area contributed by atoms with Crippen molar-refractivity contribution in [1.82, 2.24) is 15.5 Å². The minimum absolute atomic E-state index is 0.0671. The van der Waals surface area contributed by atoms with Crippen LogP contribution in [0, 0.1) is 0 Å². The summed E-state index contributed by atoms with van der Waals surface area (Å²) >= 11 is 1.64. The van der Waals surface area contributed by atoms with Crippen molar-refractivity contribution in [2.75, 3.05) is 11.6 Å². The van der Waals surface area contributed by atoms with Gasteiger partial charge in [0.2, 0.25) is 5.91 Å². The summed E-state index contributed by atoms with van der Waals surface area (Å²) in [5.41, 5.74) is 1.07. The van der Waals surface area contributed by atoms with Crippen molar-refractivity contribution >= 4 is 23.7 Å². The number of urea groups is 1. The molecule has 2 fully saturated rings. The highest BCUT2D eigenvalue weighted by molar-refractivity contribution is 7.99. The van der Waals surface area contributed by atoms with Gasteiger partial charge in [-0.2, -0.15) is 0 Å². The predicted octanol–water partition coefficient (Wildman–Crippen LogP) is 3.28. The third-order valence-corrected chi connectivity index (χ3v) is 6.05. The first-order chi connectivity index (χ1) is 12.1. The van der Waals surface area contributed by atoms with Gasteiger partial charge in [-0.1, -0.05) is 49.6 Å². The van der Waals surface area contributed by atoms with Gasteiger partial charge in [0, 0.05) is 11.8 Å². The molecule has 136 valence electrons. The van der Waals surface area contributed by atoms with Crippen molar-refractivity contribution in [1.29, 1.82) is 0 Å². The molecule has 0 unspecified atom stereocenters. The summed E-state index contributed by atoms with van der Waals surface area (Å²) in [6.45, 7) is 1.97. The molecule has 3 rings (SSSR count). The minimum atomic E-state index is -0.389. The minimum Gasteiger partial charge on any atom is -0.348 e. The molecule has 1 aliphatic carbocycles. The molecule has 0 aromatic heterocycles. The van der Waals surface area contributed by atoms with Crippen LogP contribution < -0.4 is 10.6 Å². The molecule has 5 nitrogen and oxygen atoms in total. The number of thioether (sulfide) groups is 1. The van der Waals surface area contributed by atoms with Gasteiger partial charge in [0.15, 0.2) is 0 Å². The van der Waals surface area contributed by atoms with Crippen LogP contribution in [0.3, 0.4) is 0 Å². The topological polar surface area (TPSA) is 61.4 Å². The van der Waals surface area contributed by atoms with E-state index in [9.17, 15) is 9.59 Å². The first-order valence-corrected chi connectivity index (χ1v) is 10.3.